The van der Waals surface area contributed by atoms with Crippen LogP contribution in [0.5, 0.6) is 0 Å². The fourth-order valence-electron chi connectivity index (χ4n) is 2.13. The Hall–Kier alpha value is -2.60. The zero-order valence-corrected chi connectivity index (χ0v) is 11.6. The van der Waals surface area contributed by atoms with Crippen LogP contribution in [0.1, 0.15) is 27.0 Å². The second-order valence-electron chi connectivity index (χ2n) is 4.83. The predicted molar refractivity (Wildman–Crippen MR) is 79.8 cm³/mol. The third-order valence-corrected chi connectivity index (χ3v) is 3.30. The summed E-state index contributed by atoms with van der Waals surface area (Å²) in [6.07, 6.45) is 0.871. The SMILES string of the molecule is Cc1cc(N(C)Cc2cccc(C#N)c2)ccc1C=O. The minimum Gasteiger partial charge on any atom is -0.370 e. The lowest BCUT2D eigenvalue weighted by molar-refractivity contribution is 0.112. The van der Waals surface area contributed by atoms with E-state index in [4.69, 9.17) is 5.26 Å². The van der Waals surface area contributed by atoms with Crippen molar-refractivity contribution in [2.24, 2.45) is 0 Å². The molecular weight excluding hydrogens is 248 g/mol. The molecule has 0 N–H and O–H groups in total. The summed E-state index contributed by atoms with van der Waals surface area (Å²) >= 11 is 0. The second-order valence-corrected chi connectivity index (χ2v) is 4.83. The number of hydrogen-bond donors (Lipinski definition) is 0. The maximum atomic E-state index is 10.8. The van der Waals surface area contributed by atoms with Gasteiger partial charge in [0.15, 0.2) is 0 Å². The number of nitrogens with zero attached hydrogens (tertiary/aromatic N) is 2. The van der Waals surface area contributed by atoms with E-state index in [1.54, 1.807) is 6.07 Å². The minimum atomic E-state index is 0.670. The number of carbonyl (C=O) groups is 1. The quantitative estimate of drug-likeness (QED) is 0.796. The van der Waals surface area contributed by atoms with Gasteiger partial charge in [-0.2, -0.15) is 5.26 Å². The Morgan fingerprint density at radius 1 is 1.25 bits per heavy atom. The molecule has 2 aromatic rings. The van der Waals surface area contributed by atoms with E-state index < -0.39 is 0 Å². The van der Waals surface area contributed by atoms with Gasteiger partial charge in [-0.15, -0.1) is 0 Å². The molecule has 100 valence electrons. The van der Waals surface area contributed by atoms with Gasteiger partial charge in [0.25, 0.3) is 0 Å². The van der Waals surface area contributed by atoms with Crippen LogP contribution in [0.25, 0.3) is 0 Å². The molecule has 0 fully saturated rings. The van der Waals surface area contributed by atoms with Crippen molar-refractivity contribution in [2.75, 3.05) is 11.9 Å². The molecule has 0 saturated heterocycles. The topological polar surface area (TPSA) is 44.1 Å². The van der Waals surface area contributed by atoms with E-state index in [0.717, 1.165) is 29.6 Å². The molecular formula is C17H16N2O. The number of aldehydes is 1. The van der Waals surface area contributed by atoms with Crippen molar-refractivity contribution in [2.45, 2.75) is 13.5 Å². The van der Waals surface area contributed by atoms with Gasteiger partial charge >= 0.3 is 0 Å². The summed E-state index contributed by atoms with van der Waals surface area (Å²) in [6.45, 7) is 2.65. The molecule has 2 rings (SSSR count). The molecule has 20 heavy (non-hydrogen) atoms. The van der Waals surface area contributed by atoms with E-state index in [1.807, 2.05) is 50.4 Å². The first-order valence-electron chi connectivity index (χ1n) is 6.40. The Labute approximate surface area is 119 Å². The highest BCUT2D eigenvalue weighted by Crippen LogP contribution is 2.19. The molecule has 3 heteroatoms. The van der Waals surface area contributed by atoms with Crippen molar-refractivity contribution >= 4 is 12.0 Å². The molecule has 0 bridgehead atoms. The largest absolute Gasteiger partial charge is 0.370 e. The lowest BCUT2D eigenvalue weighted by Gasteiger charge is -2.20. The van der Waals surface area contributed by atoms with Gasteiger partial charge in [0.05, 0.1) is 11.6 Å². The van der Waals surface area contributed by atoms with Crippen LogP contribution < -0.4 is 4.90 Å². The molecule has 0 atom stereocenters. The Morgan fingerprint density at radius 3 is 2.70 bits per heavy atom. The number of aryl methyl sites for hydroxylation is 1. The molecule has 0 amide bonds. The number of rotatable bonds is 4. The van der Waals surface area contributed by atoms with Crippen LogP contribution in [-0.4, -0.2) is 13.3 Å². The van der Waals surface area contributed by atoms with E-state index in [0.29, 0.717) is 11.1 Å². The van der Waals surface area contributed by atoms with Crippen molar-refractivity contribution in [3.8, 4) is 6.07 Å². The van der Waals surface area contributed by atoms with Crippen LogP contribution in [-0.2, 0) is 6.54 Å². The molecule has 0 aliphatic heterocycles. The Balaban J connectivity index is 2.19. The molecule has 0 spiro atoms. The average molecular weight is 264 g/mol. The monoisotopic (exact) mass is 264 g/mol. The number of anilines is 1. The van der Waals surface area contributed by atoms with E-state index in [2.05, 4.69) is 11.0 Å². The van der Waals surface area contributed by atoms with Gasteiger partial charge in [-0.3, -0.25) is 4.79 Å². The lowest BCUT2D eigenvalue weighted by atomic mass is 10.1. The van der Waals surface area contributed by atoms with Crippen molar-refractivity contribution < 1.29 is 4.79 Å². The van der Waals surface area contributed by atoms with Gasteiger partial charge in [-0.1, -0.05) is 12.1 Å². The third-order valence-electron chi connectivity index (χ3n) is 3.30. The first-order valence-corrected chi connectivity index (χ1v) is 6.40. The fourth-order valence-corrected chi connectivity index (χ4v) is 2.13. The summed E-state index contributed by atoms with van der Waals surface area (Å²) in [5, 5.41) is 8.91. The molecule has 0 radical (unpaired) electrons. The van der Waals surface area contributed by atoms with E-state index in [9.17, 15) is 4.79 Å². The standard InChI is InChI=1S/C17H16N2O/c1-13-8-17(7-6-16(13)12-20)19(2)11-15-5-3-4-14(9-15)10-18/h3-9,12H,11H2,1-2H3. The van der Waals surface area contributed by atoms with Crippen LogP contribution in [0.2, 0.25) is 0 Å². The van der Waals surface area contributed by atoms with Gasteiger partial charge in [0.2, 0.25) is 0 Å². The third kappa shape index (κ3) is 3.04. The second kappa shape index (κ2) is 6.03. The summed E-state index contributed by atoms with van der Waals surface area (Å²) in [7, 11) is 1.99. The van der Waals surface area contributed by atoms with Gasteiger partial charge in [0, 0.05) is 24.8 Å². The first kappa shape index (κ1) is 13.8. The van der Waals surface area contributed by atoms with Crippen molar-refractivity contribution in [3.05, 3.63) is 64.7 Å². The predicted octanol–water partition coefficient (Wildman–Crippen LogP) is 3.32. The normalized spacial score (nSPS) is 9.85. The first-order chi connectivity index (χ1) is 9.63. The maximum Gasteiger partial charge on any atom is 0.150 e. The van der Waals surface area contributed by atoms with Crippen LogP contribution in [0, 0.1) is 18.3 Å². The maximum absolute atomic E-state index is 10.8. The number of benzene rings is 2. The Bertz CT molecular complexity index is 671. The molecule has 3 nitrogen and oxygen atoms in total. The molecule has 0 unspecified atom stereocenters. The molecule has 0 heterocycles. The van der Waals surface area contributed by atoms with E-state index in [-0.39, 0.29) is 0 Å². The van der Waals surface area contributed by atoms with Crippen LogP contribution in [0.4, 0.5) is 5.69 Å². The minimum absolute atomic E-state index is 0.670. The highest BCUT2D eigenvalue weighted by Gasteiger charge is 2.05. The average Bonchev–Trinajstić information content (AvgIpc) is 2.47. The zero-order valence-electron chi connectivity index (χ0n) is 11.6. The van der Waals surface area contributed by atoms with Crippen LogP contribution in [0.15, 0.2) is 42.5 Å². The van der Waals surface area contributed by atoms with Crippen molar-refractivity contribution in [1.82, 2.24) is 0 Å². The number of nitriles is 1. The van der Waals surface area contributed by atoms with Crippen molar-refractivity contribution in [1.29, 1.82) is 5.26 Å². The smallest absolute Gasteiger partial charge is 0.150 e. The van der Waals surface area contributed by atoms with Crippen LogP contribution >= 0.6 is 0 Å². The molecule has 0 saturated carbocycles. The summed E-state index contributed by atoms with van der Waals surface area (Å²) in [6, 6.07) is 15.5. The van der Waals surface area contributed by atoms with Crippen molar-refractivity contribution in [3.63, 3.8) is 0 Å². The molecule has 0 aliphatic carbocycles. The highest BCUT2D eigenvalue weighted by molar-refractivity contribution is 5.78. The molecule has 2 aromatic carbocycles. The number of carbonyl (C=O) groups excluding carboxylic acids is 1. The molecule has 0 aromatic heterocycles. The summed E-state index contributed by atoms with van der Waals surface area (Å²) in [5.74, 6) is 0. The fraction of sp³-hybridized carbons (Fsp3) is 0.176. The van der Waals surface area contributed by atoms with Gasteiger partial charge in [0.1, 0.15) is 6.29 Å². The Kier molecular flexibility index (Phi) is 4.17. The highest BCUT2D eigenvalue weighted by atomic mass is 16.1. The van der Waals surface area contributed by atoms with Gasteiger partial charge in [-0.25, -0.2) is 0 Å². The zero-order chi connectivity index (χ0) is 14.5. The Morgan fingerprint density at radius 2 is 2.05 bits per heavy atom. The van der Waals surface area contributed by atoms with E-state index >= 15 is 0 Å². The summed E-state index contributed by atoms with van der Waals surface area (Å²) < 4.78 is 0. The lowest BCUT2D eigenvalue weighted by Crippen LogP contribution is -2.16. The molecule has 0 aliphatic rings. The summed E-state index contributed by atoms with van der Waals surface area (Å²) in [5.41, 5.74) is 4.49. The van der Waals surface area contributed by atoms with E-state index in [1.165, 1.54) is 0 Å². The van der Waals surface area contributed by atoms with Crippen LogP contribution in [0.3, 0.4) is 0 Å². The van der Waals surface area contributed by atoms with Gasteiger partial charge < -0.3 is 4.90 Å². The van der Waals surface area contributed by atoms with Gasteiger partial charge in [-0.05, 0) is 48.4 Å². The number of hydrogen-bond acceptors (Lipinski definition) is 3. The summed E-state index contributed by atoms with van der Waals surface area (Å²) in [4.78, 5) is 12.9.